The maximum atomic E-state index is 13.8. The van der Waals surface area contributed by atoms with E-state index in [1.54, 1.807) is 0 Å². The van der Waals surface area contributed by atoms with Gasteiger partial charge in [0.05, 0.1) is 30.5 Å². The number of aliphatic hydroxyl groups is 1. The Bertz CT molecular complexity index is 1320. The van der Waals surface area contributed by atoms with Crippen LogP contribution in [0, 0.1) is 5.82 Å². The van der Waals surface area contributed by atoms with Crippen molar-refractivity contribution in [2.24, 2.45) is 0 Å². The summed E-state index contributed by atoms with van der Waals surface area (Å²) in [5.74, 6) is -3.22. The molecule has 0 fully saturated rings. The fourth-order valence-electron chi connectivity index (χ4n) is 3.40. The molecule has 3 aromatic rings. The SMILES string of the molecule is CN(CC(O)(CNC(=O)c1cnn(-c2ccc(F)cc2)c1N)C(F)(F)F)C(=O)c1cccc(C(F)(F)F)c1. The number of rotatable bonds is 7. The highest BCUT2D eigenvalue weighted by Gasteiger charge is 2.55. The quantitative estimate of drug-likeness (QED) is 0.393. The maximum Gasteiger partial charge on any atom is 0.420 e. The summed E-state index contributed by atoms with van der Waals surface area (Å²) in [6.45, 7) is -2.85. The van der Waals surface area contributed by atoms with Crippen LogP contribution in [-0.2, 0) is 6.18 Å². The Labute approximate surface area is 210 Å². The number of alkyl halides is 6. The summed E-state index contributed by atoms with van der Waals surface area (Å²) in [6.07, 6.45) is -9.21. The number of halogens is 7. The largest absolute Gasteiger partial charge is 0.420 e. The number of aromatic nitrogens is 2. The Balaban J connectivity index is 1.76. The van der Waals surface area contributed by atoms with E-state index >= 15 is 0 Å². The molecule has 2 amide bonds. The number of hydrogen-bond donors (Lipinski definition) is 3. The van der Waals surface area contributed by atoms with Gasteiger partial charge in [-0.25, -0.2) is 9.07 Å². The van der Waals surface area contributed by atoms with E-state index in [-0.39, 0.29) is 17.1 Å². The van der Waals surface area contributed by atoms with Gasteiger partial charge in [-0.15, -0.1) is 0 Å². The molecule has 0 spiro atoms. The first-order chi connectivity index (χ1) is 17.5. The van der Waals surface area contributed by atoms with E-state index in [9.17, 15) is 45.4 Å². The molecule has 15 heteroatoms. The van der Waals surface area contributed by atoms with Crippen LogP contribution in [0.25, 0.3) is 5.69 Å². The Hall–Kier alpha value is -4.14. The highest BCUT2D eigenvalue weighted by atomic mass is 19.4. The van der Waals surface area contributed by atoms with Gasteiger partial charge in [0.15, 0.2) is 5.60 Å². The van der Waals surface area contributed by atoms with Gasteiger partial charge in [0, 0.05) is 12.6 Å². The summed E-state index contributed by atoms with van der Waals surface area (Å²) in [4.78, 5) is 25.5. The summed E-state index contributed by atoms with van der Waals surface area (Å²) >= 11 is 0. The zero-order valence-electron chi connectivity index (χ0n) is 19.4. The summed E-state index contributed by atoms with van der Waals surface area (Å²) in [5.41, 5.74) is 0.326. The molecule has 4 N–H and O–H groups in total. The number of anilines is 1. The number of likely N-dealkylation sites (N-methyl/N-ethyl adjacent to an activating group) is 1. The van der Waals surface area contributed by atoms with Crippen molar-refractivity contribution in [3.8, 4) is 5.69 Å². The summed E-state index contributed by atoms with van der Waals surface area (Å²) in [7, 11) is 0.853. The van der Waals surface area contributed by atoms with Gasteiger partial charge in [-0.05, 0) is 42.5 Å². The van der Waals surface area contributed by atoms with E-state index in [1.807, 2.05) is 5.32 Å². The second-order valence-electron chi connectivity index (χ2n) is 8.28. The number of nitrogens with two attached hydrogens (primary N) is 1. The van der Waals surface area contributed by atoms with Crippen molar-refractivity contribution in [1.29, 1.82) is 0 Å². The molecular weight excluding hydrogens is 527 g/mol. The minimum absolute atomic E-state index is 0.254. The molecule has 0 radical (unpaired) electrons. The van der Waals surface area contributed by atoms with Crippen LogP contribution in [0.15, 0.2) is 54.7 Å². The molecule has 38 heavy (non-hydrogen) atoms. The predicted molar refractivity (Wildman–Crippen MR) is 120 cm³/mol. The van der Waals surface area contributed by atoms with Gasteiger partial charge in [-0.3, -0.25) is 9.59 Å². The third kappa shape index (κ3) is 6.04. The molecule has 0 bridgehead atoms. The summed E-state index contributed by atoms with van der Waals surface area (Å²) in [6, 6.07) is 7.81. The predicted octanol–water partition coefficient (Wildman–Crippen LogP) is 3.41. The second kappa shape index (κ2) is 10.3. The number of hydrogen-bond acceptors (Lipinski definition) is 5. The van der Waals surface area contributed by atoms with Gasteiger partial charge in [-0.2, -0.15) is 31.4 Å². The van der Waals surface area contributed by atoms with E-state index < -0.39 is 59.8 Å². The van der Waals surface area contributed by atoms with Crippen molar-refractivity contribution >= 4 is 17.6 Å². The fourth-order valence-corrected chi connectivity index (χ4v) is 3.40. The monoisotopic (exact) mass is 547 g/mol. The van der Waals surface area contributed by atoms with Crippen LogP contribution in [0.2, 0.25) is 0 Å². The maximum absolute atomic E-state index is 13.8. The summed E-state index contributed by atoms with van der Waals surface area (Å²) in [5, 5.41) is 16.1. The molecule has 1 aromatic heterocycles. The lowest BCUT2D eigenvalue weighted by atomic mass is 10.0. The van der Waals surface area contributed by atoms with Crippen LogP contribution >= 0.6 is 0 Å². The Morgan fingerprint density at radius 3 is 2.29 bits per heavy atom. The van der Waals surface area contributed by atoms with Crippen molar-refractivity contribution in [1.82, 2.24) is 20.0 Å². The molecule has 8 nitrogen and oxygen atoms in total. The van der Waals surface area contributed by atoms with Gasteiger partial charge in [-0.1, -0.05) is 6.07 Å². The third-order valence-electron chi connectivity index (χ3n) is 5.47. The van der Waals surface area contributed by atoms with Crippen molar-refractivity contribution in [2.75, 3.05) is 25.9 Å². The van der Waals surface area contributed by atoms with Crippen LogP contribution in [0.3, 0.4) is 0 Å². The smallest absolute Gasteiger partial charge is 0.383 e. The number of nitrogen functional groups attached to an aromatic ring is 1. The summed E-state index contributed by atoms with van der Waals surface area (Å²) < 4.78 is 94.3. The fraction of sp³-hybridized carbons (Fsp3) is 0.261. The lowest BCUT2D eigenvalue weighted by molar-refractivity contribution is -0.259. The van der Waals surface area contributed by atoms with Gasteiger partial charge in [0.2, 0.25) is 0 Å². The lowest BCUT2D eigenvalue weighted by Crippen LogP contribution is -2.60. The molecule has 0 aliphatic heterocycles. The van der Waals surface area contributed by atoms with Crippen molar-refractivity contribution in [3.63, 3.8) is 0 Å². The Morgan fingerprint density at radius 2 is 1.71 bits per heavy atom. The highest BCUT2D eigenvalue weighted by Crippen LogP contribution is 2.32. The van der Waals surface area contributed by atoms with Crippen LogP contribution in [0.5, 0.6) is 0 Å². The molecule has 1 unspecified atom stereocenters. The van der Waals surface area contributed by atoms with E-state index in [2.05, 4.69) is 5.10 Å². The van der Waals surface area contributed by atoms with E-state index in [0.29, 0.717) is 17.0 Å². The number of nitrogens with one attached hydrogen (secondary N) is 1. The van der Waals surface area contributed by atoms with E-state index in [0.717, 1.165) is 42.2 Å². The number of benzene rings is 2. The van der Waals surface area contributed by atoms with Gasteiger partial charge in [0.25, 0.3) is 11.8 Å². The minimum atomic E-state index is -5.37. The lowest BCUT2D eigenvalue weighted by Gasteiger charge is -2.34. The molecule has 204 valence electrons. The molecule has 1 heterocycles. The van der Waals surface area contributed by atoms with Crippen LogP contribution in [0.1, 0.15) is 26.3 Å². The zero-order valence-corrected chi connectivity index (χ0v) is 19.4. The molecule has 1 atom stereocenters. The van der Waals surface area contributed by atoms with Gasteiger partial charge >= 0.3 is 12.4 Å². The average molecular weight is 547 g/mol. The number of carbonyl (C=O) groups is 2. The number of carbonyl (C=O) groups excluding carboxylic acids is 2. The number of amides is 2. The first-order valence-corrected chi connectivity index (χ1v) is 10.6. The highest BCUT2D eigenvalue weighted by molar-refractivity contribution is 5.98. The molecule has 0 saturated carbocycles. The van der Waals surface area contributed by atoms with Crippen molar-refractivity contribution in [2.45, 2.75) is 18.0 Å². The van der Waals surface area contributed by atoms with Crippen molar-refractivity contribution in [3.05, 3.63) is 77.2 Å². The van der Waals surface area contributed by atoms with E-state index in [1.165, 1.54) is 12.1 Å². The Morgan fingerprint density at radius 1 is 1.08 bits per heavy atom. The first kappa shape index (κ1) is 28.4. The van der Waals surface area contributed by atoms with Crippen LogP contribution in [0.4, 0.5) is 36.6 Å². The molecular formula is C23H20F7N5O3. The van der Waals surface area contributed by atoms with Gasteiger partial charge < -0.3 is 21.1 Å². The molecule has 0 saturated heterocycles. The normalized spacial score (nSPS) is 13.6. The Kier molecular flexibility index (Phi) is 7.72. The molecule has 2 aromatic carbocycles. The van der Waals surface area contributed by atoms with Crippen molar-refractivity contribution < 1.29 is 45.4 Å². The first-order valence-electron chi connectivity index (χ1n) is 10.6. The molecule has 0 aliphatic rings. The third-order valence-corrected chi connectivity index (χ3v) is 5.47. The standard InChI is InChI=1S/C23H20F7N5O3/c1-34(20(37)13-3-2-4-14(9-13)22(25,26)27)12-21(38,23(28,29)30)11-32-19(36)17-10-33-35(18(17)31)16-7-5-15(24)6-8-16/h2-10,38H,11-12,31H2,1H3,(H,32,36). The minimum Gasteiger partial charge on any atom is -0.383 e. The van der Waals surface area contributed by atoms with Crippen LogP contribution in [-0.4, -0.2) is 63.5 Å². The second-order valence-corrected chi connectivity index (χ2v) is 8.28. The average Bonchev–Trinajstić information content (AvgIpc) is 3.22. The van der Waals surface area contributed by atoms with Crippen LogP contribution < -0.4 is 11.1 Å². The zero-order chi connectivity index (χ0) is 28.5. The number of nitrogens with zero attached hydrogens (tertiary/aromatic N) is 3. The van der Waals surface area contributed by atoms with Gasteiger partial charge in [0.1, 0.15) is 17.2 Å². The van der Waals surface area contributed by atoms with E-state index in [4.69, 9.17) is 5.73 Å². The topological polar surface area (TPSA) is 113 Å². The molecule has 3 rings (SSSR count). The molecule has 0 aliphatic carbocycles.